The van der Waals surface area contributed by atoms with Gasteiger partial charge in [-0.15, -0.1) is 0 Å². The zero-order valence-electron chi connectivity index (χ0n) is 13.9. The summed E-state index contributed by atoms with van der Waals surface area (Å²) in [4.78, 5) is 12.1. The van der Waals surface area contributed by atoms with Gasteiger partial charge in [-0.25, -0.2) is 8.42 Å². The van der Waals surface area contributed by atoms with Crippen LogP contribution in [0.5, 0.6) is 5.75 Å². The van der Waals surface area contributed by atoms with E-state index in [-0.39, 0.29) is 6.10 Å². The predicted octanol–water partition coefficient (Wildman–Crippen LogP) is 3.16. The Balaban J connectivity index is 1.96. The molecule has 0 saturated heterocycles. The molecule has 2 rings (SSSR count). The lowest BCUT2D eigenvalue weighted by Crippen LogP contribution is -2.36. The highest BCUT2D eigenvalue weighted by Gasteiger charge is 2.30. The van der Waals surface area contributed by atoms with Gasteiger partial charge in [0.25, 0.3) is 0 Å². The molecule has 0 radical (unpaired) electrons. The summed E-state index contributed by atoms with van der Waals surface area (Å²) < 4.78 is 29.9. The van der Waals surface area contributed by atoms with E-state index in [9.17, 15) is 13.2 Å². The highest BCUT2D eigenvalue weighted by Crippen LogP contribution is 2.25. The molecule has 0 aromatic heterocycles. The van der Waals surface area contributed by atoms with Crippen molar-refractivity contribution in [2.45, 2.75) is 63.1 Å². The smallest absolute Gasteiger partial charge is 0.242 e. The first-order chi connectivity index (χ1) is 10.8. The molecular weight excluding hydrogens is 314 g/mol. The van der Waals surface area contributed by atoms with Crippen molar-refractivity contribution in [2.75, 3.05) is 5.32 Å². The zero-order chi connectivity index (χ0) is 17.0. The number of nitrogens with one attached hydrogen (secondary N) is 1. The number of ether oxygens (including phenoxy) is 1. The van der Waals surface area contributed by atoms with E-state index in [1.54, 1.807) is 38.1 Å². The van der Waals surface area contributed by atoms with Crippen molar-refractivity contribution in [1.82, 2.24) is 0 Å². The number of sulfone groups is 1. The molecule has 5 nitrogen and oxygen atoms in total. The molecule has 6 heteroatoms. The summed E-state index contributed by atoms with van der Waals surface area (Å²) in [6.45, 7) is 4.57. The molecule has 0 bridgehead atoms. The average Bonchev–Trinajstić information content (AvgIpc) is 3.01. The maximum atomic E-state index is 12.1. The lowest BCUT2D eigenvalue weighted by atomic mass is 10.2. The van der Waals surface area contributed by atoms with E-state index in [0.29, 0.717) is 5.69 Å². The molecular formula is C17H25NO4S. The van der Waals surface area contributed by atoms with E-state index >= 15 is 0 Å². The van der Waals surface area contributed by atoms with Gasteiger partial charge in [-0.1, -0.05) is 0 Å². The second-order valence-corrected chi connectivity index (χ2v) is 9.15. The molecule has 1 aromatic rings. The Kier molecular flexibility index (Phi) is 5.68. The molecule has 0 heterocycles. The van der Waals surface area contributed by atoms with Crippen LogP contribution in [0.1, 0.15) is 46.5 Å². The van der Waals surface area contributed by atoms with E-state index in [4.69, 9.17) is 4.74 Å². The van der Waals surface area contributed by atoms with Crippen LogP contribution < -0.4 is 10.1 Å². The van der Waals surface area contributed by atoms with Crippen LogP contribution in [0.4, 0.5) is 5.69 Å². The third-order valence-electron chi connectivity index (χ3n) is 4.25. The van der Waals surface area contributed by atoms with Gasteiger partial charge < -0.3 is 10.1 Å². The van der Waals surface area contributed by atoms with Gasteiger partial charge in [0, 0.05) is 5.69 Å². The van der Waals surface area contributed by atoms with Crippen molar-refractivity contribution in [2.24, 2.45) is 0 Å². The first kappa shape index (κ1) is 17.8. The van der Waals surface area contributed by atoms with E-state index in [2.05, 4.69) is 5.32 Å². The van der Waals surface area contributed by atoms with Crippen molar-refractivity contribution in [3.05, 3.63) is 24.3 Å². The molecule has 1 N–H and O–H groups in total. The minimum absolute atomic E-state index is 0.284. The van der Waals surface area contributed by atoms with Crippen LogP contribution in [0.25, 0.3) is 0 Å². The summed E-state index contributed by atoms with van der Waals surface area (Å²) in [5.41, 5.74) is 0.569. The lowest BCUT2D eigenvalue weighted by Gasteiger charge is -2.16. The maximum absolute atomic E-state index is 12.1. The molecule has 23 heavy (non-hydrogen) atoms. The second-order valence-electron chi connectivity index (χ2n) is 6.32. The number of rotatable bonds is 6. The van der Waals surface area contributed by atoms with Gasteiger partial charge in [0.2, 0.25) is 5.91 Å². The van der Waals surface area contributed by atoms with Crippen LogP contribution in [0.3, 0.4) is 0 Å². The van der Waals surface area contributed by atoms with Crippen LogP contribution in [0.2, 0.25) is 0 Å². The highest BCUT2D eigenvalue weighted by molar-refractivity contribution is 7.93. The number of amides is 1. The number of hydrogen-bond acceptors (Lipinski definition) is 4. The van der Waals surface area contributed by atoms with E-state index < -0.39 is 26.2 Å². The van der Waals surface area contributed by atoms with Crippen molar-refractivity contribution >= 4 is 21.4 Å². The van der Waals surface area contributed by atoms with Crippen LogP contribution in [-0.4, -0.2) is 30.9 Å². The van der Waals surface area contributed by atoms with E-state index in [0.717, 1.165) is 18.6 Å². The molecule has 0 aliphatic heterocycles. The van der Waals surface area contributed by atoms with E-state index in [1.165, 1.54) is 19.8 Å². The first-order valence-electron chi connectivity index (χ1n) is 8.11. The summed E-state index contributed by atoms with van der Waals surface area (Å²) in [5, 5.41) is 0.999. The van der Waals surface area contributed by atoms with Crippen LogP contribution in [0.15, 0.2) is 24.3 Å². The summed E-state index contributed by atoms with van der Waals surface area (Å²) in [6.07, 6.45) is 4.88. The van der Waals surface area contributed by atoms with Gasteiger partial charge in [-0.2, -0.15) is 0 Å². The van der Waals surface area contributed by atoms with Crippen LogP contribution in [-0.2, 0) is 14.6 Å². The molecule has 0 unspecified atom stereocenters. The monoisotopic (exact) mass is 339 g/mol. The topological polar surface area (TPSA) is 72.5 Å². The minimum atomic E-state index is -3.46. The van der Waals surface area contributed by atoms with Gasteiger partial charge in [0.15, 0.2) is 9.84 Å². The Labute approximate surface area is 138 Å². The van der Waals surface area contributed by atoms with Crippen molar-refractivity contribution in [3.8, 4) is 5.75 Å². The summed E-state index contributed by atoms with van der Waals surface area (Å²) in [6, 6.07) is 7.07. The molecule has 1 aromatic carbocycles. The molecule has 128 valence electrons. The average molecular weight is 339 g/mol. The molecule has 1 atom stereocenters. The fraction of sp³-hybridized carbons (Fsp3) is 0.588. The zero-order valence-corrected chi connectivity index (χ0v) is 14.7. The van der Waals surface area contributed by atoms with Gasteiger partial charge in [-0.3, -0.25) is 4.79 Å². The number of carbonyl (C=O) groups excluding carboxylic acids is 1. The molecule has 1 fully saturated rings. The van der Waals surface area contributed by atoms with Gasteiger partial charge >= 0.3 is 0 Å². The molecule has 0 spiro atoms. The second kappa shape index (κ2) is 7.34. The van der Waals surface area contributed by atoms with Crippen LogP contribution >= 0.6 is 0 Å². The summed E-state index contributed by atoms with van der Waals surface area (Å²) in [7, 11) is -3.46. The Morgan fingerprint density at radius 2 is 1.70 bits per heavy atom. The molecule has 1 amide bonds. The van der Waals surface area contributed by atoms with Crippen molar-refractivity contribution in [1.29, 1.82) is 0 Å². The molecule has 1 aliphatic carbocycles. The summed E-state index contributed by atoms with van der Waals surface area (Å²) in [5.74, 6) is 0.265. The lowest BCUT2D eigenvalue weighted by molar-refractivity contribution is -0.115. The maximum Gasteiger partial charge on any atom is 0.242 e. The van der Waals surface area contributed by atoms with Gasteiger partial charge in [0.1, 0.15) is 11.0 Å². The number of carbonyl (C=O) groups is 1. The predicted molar refractivity (Wildman–Crippen MR) is 91.5 cm³/mol. The van der Waals surface area contributed by atoms with Crippen molar-refractivity contribution < 1.29 is 17.9 Å². The Bertz CT molecular complexity index is 631. The minimum Gasteiger partial charge on any atom is -0.490 e. The fourth-order valence-corrected chi connectivity index (χ4v) is 3.79. The SMILES string of the molecule is CC(C)S(=O)(=O)[C@H](C)C(=O)Nc1ccc(OC2CCCC2)cc1. The quantitative estimate of drug-likeness (QED) is 0.864. The van der Waals surface area contributed by atoms with Crippen LogP contribution in [0, 0.1) is 0 Å². The molecule has 1 saturated carbocycles. The fourth-order valence-electron chi connectivity index (χ4n) is 2.62. The third kappa shape index (κ3) is 4.47. The normalized spacial score (nSPS) is 17.2. The first-order valence-corrected chi connectivity index (χ1v) is 9.72. The third-order valence-corrected chi connectivity index (χ3v) is 6.76. The van der Waals surface area contributed by atoms with Crippen molar-refractivity contribution in [3.63, 3.8) is 0 Å². The Hall–Kier alpha value is -1.56. The Morgan fingerprint density at radius 3 is 2.22 bits per heavy atom. The largest absolute Gasteiger partial charge is 0.490 e. The number of anilines is 1. The highest BCUT2D eigenvalue weighted by atomic mass is 32.2. The summed E-state index contributed by atoms with van der Waals surface area (Å²) >= 11 is 0. The Morgan fingerprint density at radius 1 is 1.13 bits per heavy atom. The number of hydrogen-bond donors (Lipinski definition) is 1. The molecule has 1 aliphatic rings. The standard InChI is InChI=1S/C17H25NO4S/c1-12(2)23(20,21)13(3)17(19)18-14-8-10-16(11-9-14)22-15-6-4-5-7-15/h8-13,15H,4-7H2,1-3H3,(H,18,19)/t13-/m1/s1. The van der Waals surface area contributed by atoms with Gasteiger partial charge in [0.05, 0.1) is 11.4 Å². The number of benzene rings is 1. The van der Waals surface area contributed by atoms with Gasteiger partial charge in [-0.05, 0) is 70.7 Å². The van der Waals surface area contributed by atoms with E-state index in [1.807, 2.05) is 0 Å².